The van der Waals surface area contributed by atoms with E-state index in [9.17, 15) is 4.79 Å². The highest BCUT2D eigenvalue weighted by molar-refractivity contribution is 5.82. The molecular weight excluding hydrogens is 226 g/mol. The first-order chi connectivity index (χ1) is 8.35. The third kappa shape index (κ3) is 4.58. The third-order valence-electron chi connectivity index (χ3n) is 3.56. The lowest BCUT2D eigenvalue weighted by molar-refractivity contribution is -0.128. The summed E-state index contributed by atoms with van der Waals surface area (Å²) in [4.78, 5) is 14.5. The van der Waals surface area contributed by atoms with Crippen LogP contribution in [0.25, 0.3) is 0 Å². The van der Waals surface area contributed by atoms with E-state index in [1.54, 1.807) is 0 Å². The Balaban J connectivity index is 2.63. The van der Waals surface area contributed by atoms with E-state index >= 15 is 0 Å². The van der Waals surface area contributed by atoms with Crippen molar-refractivity contribution in [2.45, 2.75) is 71.0 Å². The molecular formula is C14H29N3O. The van der Waals surface area contributed by atoms with Crippen molar-refractivity contribution in [3.8, 4) is 0 Å². The van der Waals surface area contributed by atoms with Gasteiger partial charge in [0.15, 0.2) is 0 Å². The first kappa shape index (κ1) is 15.4. The van der Waals surface area contributed by atoms with Gasteiger partial charge in [-0.25, -0.2) is 0 Å². The monoisotopic (exact) mass is 255 g/mol. The Bertz CT molecular complexity index is 267. The minimum absolute atomic E-state index is 0.0872. The van der Waals surface area contributed by atoms with Crippen molar-refractivity contribution in [2.75, 3.05) is 13.1 Å². The molecule has 0 radical (unpaired) electrons. The lowest BCUT2D eigenvalue weighted by atomic mass is 10.1. The van der Waals surface area contributed by atoms with Crippen molar-refractivity contribution in [3.05, 3.63) is 0 Å². The van der Waals surface area contributed by atoms with Crippen LogP contribution in [0.3, 0.4) is 0 Å². The number of nitrogens with zero attached hydrogens (tertiary/aromatic N) is 1. The molecule has 0 saturated heterocycles. The average Bonchev–Trinajstić information content (AvgIpc) is 2.75. The maximum atomic E-state index is 12.2. The van der Waals surface area contributed by atoms with E-state index < -0.39 is 0 Å². The molecule has 0 aromatic carbocycles. The molecule has 0 aromatic heterocycles. The van der Waals surface area contributed by atoms with Crippen LogP contribution in [0.15, 0.2) is 0 Å². The highest BCUT2D eigenvalue weighted by atomic mass is 16.2. The molecule has 4 nitrogen and oxygen atoms in total. The molecule has 0 aromatic rings. The van der Waals surface area contributed by atoms with Crippen LogP contribution < -0.4 is 11.1 Å². The average molecular weight is 255 g/mol. The second-order valence-electron chi connectivity index (χ2n) is 6.38. The number of carbonyl (C=O) groups is 1. The zero-order chi connectivity index (χ0) is 13.8. The van der Waals surface area contributed by atoms with Crippen molar-refractivity contribution >= 4 is 5.91 Å². The highest BCUT2D eigenvalue weighted by Gasteiger charge is 2.30. The van der Waals surface area contributed by atoms with Gasteiger partial charge in [-0.3, -0.25) is 9.69 Å². The fourth-order valence-electron chi connectivity index (χ4n) is 2.70. The van der Waals surface area contributed by atoms with Gasteiger partial charge in [-0.1, -0.05) is 12.8 Å². The van der Waals surface area contributed by atoms with Crippen molar-refractivity contribution in [3.63, 3.8) is 0 Å². The molecule has 0 aliphatic heterocycles. The zero-order valence-corrected chi connectivity index (χ0v) is 12.3. The van der Waals surface area contributed by atoms with Crippen LogP contribution in [-0.4, -0.2) is 41.5 Å². The summed E-state index contributed by atoms with van der Waals surface area (Å²) in [6.45, 7) is 9.46. The number of hydrogen-bond donors (Lipinski definition) is 2. The van der Waals surface area contributed by atoms with Gasteiger partial charge < -0.3 is 11.1 Å². The first-order valence-corrected chi connectivity index (χ1v) is 7.13. The summed E-state index contributed by atoms with van der Waals surface area (Å²) >= 11 is 0. The van der Waals surface area contributed by atoms with Gasteiger partial charge in [0.25, 0.3) is 0 Å². The molecule has 1 fully saturated rings. The van der Waals surface area contributed by atoms with Gasteiger partial charge in [0.1, 0.15) is 0 Å². The molecule has 1 aliphatic rings. The fourth-order valence-corrected chi connectivity index (χ4v) is 2.70. The van der Waals surface area contributed by atoms with Crippen molar-refractivity contribution in [1.82, 2.24) is 10.2 Å². The molecule has 0 spiro atoms. The van der Waals surface area contributed by atoms with Crippen LogP contribution in [0.4, 0.5) is 0 Å². The number of amides is 1. The van der Waals surface area contributed by atoms with Gasteiger partial charge in [0.2, 0.25) is 5.91 Å². The van der Waals surface area contributed by atoms with Crippen molar-refractivity contribution in [2.24, 2.45) is 5.73 Å². The van der Waals surface area contributed by atoms with E-state index in [-0.39, 0.29) is 17.5 Å². The smallest absolute Gasteiger partial charge is 0.237 e. The predicted octanol–water partition coefficient (Wildman–Crippen LogP) is 1.49. The summed E-state index contributed by atoms with van der Waals surface area (Å²) in [5.41, 5.74) is 5.52. The summed E-state index contributed by atoms with van der Waals surface area (Å²) < 4.78 is 0. The second kappa shape index (κ2) is 6.53. The van der Waals surface area contributed by atoms with Crippen molar-refractivity contribution in [1.29, 1.82) is 0 Å². The normalized spacial score (nSPS) is 19.2. The second-order valence-corrected chi connectivity index (χ2v) is 6.38. The van der Waals surface area contributed by atoms with Crippen LogP contribution >= 0.6 is 0 Å². The Kier molecular flexibility index (Phi) is 5.60. The molecule has 0 heterocycles. The van der Waals surface area contributed by atoms with Crippen LogP contribution in [-0.2, 0) is 4.79 Å². The first-order valence-electron chi connectivity index (χ1n) is 7.13. The molecule has 18 heavy (non-hydrogen) atoms. The molecule has 1 aliphatic carbocycles. The van der Waals surface area contributed by atoms with Gasteiger partial charge in [-0.2, -0.15) is 0 Å². The van der Waals surface area contributed by atoms with E-state index in [1.165, 1.54) is 25.7 Å². The van der Waals surface area contributed by atoms with E-state index in [4.69, 9.17) is 5.73 Å². The lowest BCUT2D eigenvalue weighted by Crippen LogP contribution is -2.54. The zero-order valence-electron chi connectivity index (χ0n) is 12.3. The van der Waals surface area contributed by atoms with E-state index in [2.05, 4.69) is 10.2 Å². The quantitative estimate of drug-likeness (QED) is 0.782. The van der Waals surface area contributed by atoms with Crippen molar-refractivity contribution < 1.29 is 4.79 Å². The lowest BCUT2D eigenvalue weighted by Gasteiger charge is -2.35. The van der Waals surface area contributed by atoms with Gasteiger partial charge >= 0.3 is 0 Å². The topological polar surface area (TPSA) is 58.4 Å². The van der Waals surface area contributed by atoms with E-state index in [0.29, 0.717) is 12.6 Å². The molecule has 106 valence electrons. The number of hydrogen-bond acceptors (Lipinski definition) is 3. The molecule has 1 atom stereocenters. The summed E-state index contributed by atoms with van der Waals surface area (Å²) in [6, 6.07) is 0.449. The molecule has 1 rings (SSSR count). The Morgan fingerprint density at radius 1 is 1.39 bits per heavy atom. The van der Waals surface area contributed by atoms with Crippen LogP contribution in [0, 0.1) is 0 Å². The Labute approximate surface area is 111 Å². The Morgan fingerprint density at radius 2 is 1.94 bits per heavy atom. The molecule has 1 unspecified atom stereocenters. The number of carbonyl (C=O) groups excluding carboxylic acids is 1. The van der Waals surface area contributed by atoms with E-state index in [1.807, 2.05) is 27.7 Å². The minimum Gasteiger partial charge on any atom is -0.350 e. The molecule has 1 saturated carbocycles. The number of nitrogens with one attached hydrogen (secondary N) is 1. The molecule has 3 N–H and O–H groups in total. The third-order valence-corrected chi connectivity index (χ3v) is 3.56. The molecule has 0 bridgehead atoms. The van der Waals surface area contributed by atoms with Crippen LogP contribution in [0.2, 0.25) is 0 Å². The largest absolute Gasteiger partial charge is 0.350 e. The van der Waals surface area contributed by atoms with Gasteiger partial charge in [-0.15, -0.1) is 0 Å². The van der Waals surface area contributed by atoms with Crippen LogP contribution in [0.5, 0.6) is 0 Å². The summed E-state index contributed by atoms with van der Waals surface area (Å²) in [7, 11) is 0. The maximum absolute atomic E-state index is 12.2. The number of rotatable bonds is 5. The van der Waals surface area contributed by atoms with Gasteiger partial charge in [0.05, 0.1) is 6.04 Å². The molecule has 1 amide bonds. The summed E-state index contributed by atoms with van der Waals surface area (Å²) in [5.74, 6) is 0.114. The Hall–Kier alpha value is -0.610. The minimum atomic E-state index is -0.171. The SMILES string of the molecule is CC(C(=O)NC(C)(C)C)N(CCN)C1CCCC1. The maximum Gasteiger partial charge on any atom is 0.237 e. The summed E-state index contributed by atoms with van der Waals surface area (Å²) in [6.07, 6.45) is 4.96. The summed E-state index contributed by atoms with van der Waals surface area (Å²) in [5, 5.41) is 3.06. The highest BCUT2D eigenvalue weighted by Crippen LogP contribution is 2.25. The van der Waals surface area contributed by atoms with Crippen LogP contribution in [0.1, 0.15) is 53.4 Å². The predicted molar refractivity (Wildman–Crippen MR) is 75.4 cm³/mol. The Morgan fingerprint density at radius 3 is 2.39 bits per heavy atom. The number of nitrogens with two attached hydrogens (primary N) is 1. The van der Waals surface area contributed by atoms with Gasteiger partial charge in [0, 0.05) is 24.7 Å². The van der Waals surface area contributed by atoms with Gasteiger partial charge in [-0.05, 0) is 40.5 Å². The molecule has 4 heteroatoms. The fraction of sp³-hybridized carbons (Fsp3) is 0.929. The standard InChI is InChI=1S/C14H29N3O/c1-11(13(18)16-14(2,3)4)17(10-9-15)12-7-5-6-8-12/h11-12H,5-10,15H2,1-4H3,(H,16,18). The van der Waals surface area contributed by atoms with E-state index in [0.717, 1.165) is 6.54 Å².